The van der Waals surface area contributed by atoms with Crippen molar-refractivity contribution in [2.24, 2.45) is 0 Å². The third-order valence-corrected chi connectivity index (χ3v) is 7.00. The molecule has 0 aliphatic rings. The van der Waals surface area contributed by atoms with Crippen molar-refractivity contribution in [2.75, 3.05) is 26.1 Å². The first-order chi connectivity index (χ1) is 17.8. The number of benzene rings is 3. The number of aryl methyl sites for hydroxylation is 1. The van der Waals surface area contributed by atoms with E-state index in [9.17, 15) is 9.59 Å². The van der Waals surface area contributed by atoms with Gasteiger partial charge in [-0.25, -0.2) is 9.78 Å². The molecule has 1 N–H and O–H groups in total. The molecule has 0 aliphatic heterocycles. The van der Waals surface area contributed by atoms with Crippen LogP contribution in [0.4, 0.5) is 10.5 Å². The highest BCUT2D eigenvalue weighted by Crippen LogP contribution is 2.37. The van der Waals surface area contributed by atoms with Gasteiger partial charge >= 0.3 is 6.03 Å². The lowest BCUT2D eigenvalue weighted by Gasteiger charge is -2.30. The van der Waals surface area contributed by atoms with Crippen LogP contribution in [0, 0.1) is 6.92 Å². The topological polar surface area (TPSA) is 85.7 Å². The van der Waals surface area contributed by atoms with E-state index in [0.717, 1.165) is 5.56 Å². The number of aromatic nitrogens is 2. The second-order valence-corrected chi connectivity index (χ2v) is 9.35. The van der Waals surface area contributed by atoms with Gasteiger partial charge in [0.15, 0.2) is 0 Å². The number of rotatable bonds is 7. The van der Waals surface area contributed by atoms with Gasteiger partial charge in [-0.1, -0.05) is 24.3 Å². The zero-order chi connectivity index (χ0) is 26.7. The molecule has 0 spiro atoms. The molecule has 8 nitrogen and oxygen atoms in total. The molecule has 4 aromatic rings. The van der Waals surface area contributed by atoms with E-state index < -0.39 is 6.04 Å². The quantitative estimate of drug-likeness (QED) is 0.293. The number of para-hydroxylation sites is 1. The summed E-state index contributed by atoms with van der Waals surface area (Å²) in [5.41, 5.74) is 2.51. The number of carbonyl (C=O) groups excluding carboxylic acids is 1. The Morgan fingerprint density at radius 3 is 2.54 bits per heavy atom. The molecule has 3 aromatic carbocycles. The third-order valence-electron chi connectivity index (χ3n) is 6.20. The van der Waals surface area contributed by atoms with Gasteiger partial charge in [-0.2, -0.15) is 0 Å². The summed E-state index contributed by atoms with van der Waals surface area (Å²) in [5, 5.41) is 3.42. The second kappa shape index (κ2) is 11.0. The predicted molar refractivity (Wildman–Crippen MR) is 149 cm³/mol. The molecule has 2 amide bonds. The molecule has 0 bridgehead atoms. The van der Waals surface area contributed by atoms with Crippen LogP contribution in [0.3, 0.4) is 0 Å². The smallest absolute Gasteiger partial charge is 0.322 e. The lowest BCUT2D eigenvalue weighted by Crippen LogP contribution is -2.39. The number of amides is 2. The molecule has 1 heterocycles. The van der Waals surface area contributed by atoms with Crippen LogP contribution in [0.25, 0.3) is 16.6 Å². The SMILES string of the molecule is CCN(C(=O)Nc1cccc(C)c1)C(C)c1nc2ccccc2c(=O)n1-c1cc(OC)cc(OC)c1Br. The molecule has 0 saturated carbocycles. The van der Waals surface area contributed by atoms with Crippen LogP contribution in [-0.4, -0.2) is 41.2 Å². The predicted octanol–water partition coefficient (Wildman–Crippen LogP) is 6.09. The van der Waals surface area contributed by atoms with Gasteiger partial charge < -0.3 is 19.7 Å². The van der Waals surface area contributed by atoms with Gasteiger partial charge in [-0.3, -0.25) is 9.36 Å². The monoisotopic (exact) mass is 564 g/mol. The first-order valence-corrected chi connectivity index (χ1v) is 12.7. The molecule has 37 heavy (non-hydrogen) atoms. The van der Waals surface area contributed by atoms with Gasteiger partial charge in [-0.05, 0) is 66.5 Å². The lowest BCUT2D eigenvalue weighted by molar-refractivity contribution is 0.193. The fourth-order valence-electron chi connectivity index (χ4n) is 4.30. The molecule has 4 rings (SSSR count). The number of anilines is 1. The number of hydrogen-bond acceptors (Lipinski definition) is 5. The summed E-state index contributed by atoms with van der Waals surface area (Å²) in [4.78, 5) is 33.8. The first-order valence-electron chi connectivity index (χ1n) is 11.9. The summed E-state index contributed by atoms with van der Waals surface area (Å²) >= 11 is 3.60. The zero-order valence-corrected chi connectivity index (χ0v) is 23.0. The van der Waals surface area contributed by atoms with Crippen molar-refractivity contribution in [3.05, 3.63) is 86.9 Å². The largest absolute Gasteiger partial charge is 0.497 e. The normalized spacial score (nSPS) is 11.7. The zero-order valence-electron chi connectivity index (χ0n) is 21.4. The number of urea groups is 1. The average molecular weight is 565 g/mol. The standard InChI is InChI=1S/C28H29BrN4O4/c1-6-32(28(35)30-19-11-9-10-17(2)14-19)18(3)26-31-22-13-8-7-12-21(22)27(34)33(26)23-15-20(36-4)16-24(37-5)25(23)29/h7-16,18H,6H2,1-5H3,(H,30,35). The van der Waals surface area contributed by atoms with E-state index in [1.807, 2.05) is 51.1 Å². The molecular formula is C28H29BrN4O4. The number of halogens is 1. The lowest BCUT2D eigenvalue weighted by atomic mass is 10.1. The van der Waals surface area contributed by atoms with Crippen LogP contribution in [0.2, 0.25) is 0 Å². The minimum atomic E-state index is -0.559. The minimum Gasteiger partial charge on any atom is -0.497 e. The van der Waals surface area contributed by atoms with E-state index in [4.69, 9.17) is 14.5 Å². The van der Waals surface area contributed by atoms with E-state index >= 15 is 0 Å². The van der Waals surface area contributed by atoms with Crippen molar-refractivity contribution in [3.8, 4) is 17.2 Å². The van der Waals surface area contributed by atoms with Crippen molar-refractivity contribution in [1.29, 1.82) is 0 Å². The van der Waals surface area contributed by atoms with Gasteiger partial charge in [0.25, 0.3) is 5.56 Å². The molecule has 192 valence electrons. The van der Waals surface area contributed by atoms with E-state index in [2.05, 4.69) is 21.2 Å². The van der Waals surface area contributed by atoms with E-state index in [1.54, 1.807) is 49.5 Å². The minimum absolute atomic E-state index is 0.265. The van der Waals surface area contributed by atoms with Crippen LogP contribution >= 0.6 is 15.9 Å². The van der Waals surface area contributed by atoms with Gasteiger partial charge in [0.05, 0.1) is 41.3 Å². The van der Waals surface area contributed by atoms with Crippen LogP contribution in [-0.2, 0) is 0 Å². The van der Waals surface area contributed by atoms with E-state index in [0.29, 0.717) is 50.6 Å². The van der Waals surface area contributed by atoms with Crippen molar-refractivity contribution in [3.63, 3.8) is 0 Å². The van der Waals surface area contributed by atoms with E-state index in [-0.39, 0.29) is 11.6 Å². The van der Waals surface area contributed by atoms with Crippen molar-refractivity contribution in [1.82, 2.24) is 14.5 Å². The number of ether oxygens (including phenoxy) is 2. The van der Waals surface area contributed by atoms with Gasteiger partial charge in [0.1, 0.15) is 17.3 Å². The second-order valence-electron chi connectivity index (χ2n) is 8.55. The van der Waals surface area contributed by atoms with Gasteiger partial charge in [-0.15, -0.1) is 0 Å². The summed E-state index contributed by atoms with van der Waals surface area (Å²) in [6.45, 7) is 6.11. The Morgan fingerprint density at radius 2 is 1.86 bits per heavy atom. The Morgan fingerprint density at radius 1 is 1.11 bits per heavy atom. The molecule has 1 unspecified atom stereocenters. The molecule has 0 aliphatic carbocycles. The number of methoxy groups -OCH3 is 2. The number of fused-ring (bicyclic) bond motifs is 1. The van der Waals surface area contributed by atoms with E-state index in [1.165, 1.54) is 4.57 Å². The van der Waals surface area contributed by atoms with Crippen LogP contribution in [0.15, 0.2) is 69.9 Å². The number of nitrogens with one attached hydrogen (secondary N) is 1. The van der Waals surface area contributed by atoms with Crippen LogP contribution < -0.4 is 20.3 Å². The molecule has 0 fully saturated rings. The summed E-state index contributed by atoms with van der Waals surface area (Å²) in [7, 11) is 3.09. The molecule has 9 heteroatoms. The Bertz CT molecular complexity index is 1520. The highest BCUT2D eigenvalue weighted by Gasteiger charge is 2.27. The number of nitrogens with zero attached hydrogens (tertiary/aromatic N) is 3. The maximum absolute atomic E-state index is 13.9. The van der Waals surface area contributed by atoms with Crippen LogP contribution in [0.5, 0.6) is 11.5 Å². The fraction of sp³-hybridized carbons (Fsp3) is 0.250. The van der Waals surface area contributed by atoms with Gasteiger partial charge in [0.2, 0.25) is 0 Å². The van der Waals surface area contributed by atoms with Gasteiger partial charge in [0, 0.05) is 24.4 Å². The summed E-state index contributed by atoms with van der Waals surface area (Å²) < 4.78 is 13.1. The fourth-order valence-corrected chi connectivity index (χ4v) is 4.87. The molecule has 0 saturated heterocycles. The summed E-state index contributed by atoms with van der Waals surface area (Å²) in [5.74, 6) is 1.41. The van der Waals surface area contributed by atoms with Crippen molar-refractivity contribution in [2.45, 2.75) is 26.8 Å². The molecule has 0 radical (unpaired) electrons. The average Bonchev–Trinajstić information content (AvgIpc) is 2.89. The first kappa shape index (κ1) is 26.2. The molecule has 1 atom stereocenters. The summed E-state index contributed by atoms with van der Waals surface area (Å²) in [6, 6.07) is 17.4. The molecular weight excluding hydrogens is 536 g/mol. The highest BCUT2D eigenvalue weighted by molar-refractivity contribution is 9.10. The van der Waals surface area contributed by atoms with Crippen LogP contribution in [0.1, 0.15) is 31.3 Å². The maximum atomic E-state index is 13.9. The van der Waals surface area contributed by atoms with Crippen molar-refractivity contribution < 1.29 is 14.3 Å². The Hall–Kier alpha value is -3.85. The number of carbonyl (C=O) groups is 1. The Kier molecular flexibility index (Phi) is 7.83. The number of hydrogen-bond donors (Lipinski definition) is 1. The third kappa shape index (κ3) is 5.17. The van der Waals surface area contributed by atoms with Crippen molar-refractivity contribution >= 4 is 38.6 Å². The Balaban J connectivity index is 1.90. The highest BCUT2D eigenvalue weighted by atomic mass is 79.9. The summed E-state index contributed by atoms with van der Waals surface area (Å²) in [6.07, 6.45) is 0. The Labute approximate surface area is 224 Å². The maximum Gasteiger partial charge on any atom is 0.322 e. The molecule has 1 aromatic heterocycles.